The van der Waals surface area contributed by atoms with Crippen molar-refractivity contribution in [1.29, 1.82) is 5.26 Å². The van der Waals surface area contributed by atoms with Gasteiger partial charge in [0.15, 0.2) is 0 Å². The van der Waals surface area contributed by atoms with Crippen LogP contribution in [0.15, 0.2) is 24.3 Å². The third-order valence-electron chi connectivity index (χ3n) is 3.51. The first kappa shape index (κ1) is 14.5. The maximum atomic E-state index is 11.8. The Labute approximate surface area is 119 Å². The first-order chi connectivity index (χ1) is 9.78. The van der Waals surface area contributed by atoms with Gasteiger partial charge in [-0.1, -0.05) is 12.1 Å². The van der Waals surface area contributed by atoms with Crippen LogP contribution in [0.4, 0.5) is 0 Å². The molecule has 2 rings (SSSR count). The van der Waals surface area contributed by atoms with Crippen LogP contribution in [-0.2, 0) is 16.1 Å². The topological polar surface area (TPSA) is 62.1 Å². The van der Waals surface area contributed by atoms with E-state index in [9.17, 15) is 4.79 Å². The summed E-state index contributed by atoms with van der Waals surface area (Å²) in [6.45, 7) is 1.30. The highest BCUT2D eigenvalue weighted by molar-refractivity contribution is 5.75. The van der Waals surface area contributed by atoms with E-state index in [1.54, 1.807) is 12.1 Å². The summed E-state index contributed by atoms with van der Waals surface area (Å²) in [4.78, 5) is 11.8. The van der Waals surface area contributed by atoms with Crippen LogP contribution in [0.25, 0.3) is 0 Å². The van der Waals surface area contributed by atoms with E-state index in [0.717, 1.165) is 31.4 Å². The zero-order valence-electron chi connectivity index (χ0n) is 11.6. The number of carbonyl (C=O) groups excluding carboxylic acids is 1. The SMILES string of the molecule is N#Cc1cccc(CNC(=O)CCC2CCCCO2)c1. The molecule has 0 aliphatic carbocycles. The Balaban J connectivity index is 1.70. The van der Waals surface area contributed by atoms with E-state index in [1.165, 1.54) is 6.42 Å². The van der Waals surface area contributed by atoms with Crippen LogP contribution < -0.4 is 5.32 Å². The molecule has 1 heterocycles. The van der Waals surface area contributed by atoms with Gasteiger partial charge in [-0.3, -0.25) is 4.79 Å². The molecule has 1 amide bonds. The number of carbonyl (C=O) groups is 1. The number of nitrogens with zero attached hydrogens (tertiary/aromatic N) is 1. The third kappa shape index (κ3) is 4.67. The number of hydrogen-bond acceptors (Lipinski definition) is 3. The van der Waals surface area contributed by atoms with Gasteiger partial charge in [0, 0.05) is 19.6 Å². The Morgan fingerprint density at radius 1 is 1.45 bits per heavy atom. The van der Waals surface area contributed by atoms with E-state index >= 15 is 0 Å². The standard InChI is InChI=1S/C16H20N2O2/c17-11-13-4-3-5-14(10-13)12-18-16(19)8-7-15-6-1-2-9-20-15/h3-5,10,15H,1-2,6-9,12H2,(H,18,19). The fourth-order valence-corrected chi connectivity index (χ4v) is 2.37. The van der Waals surface area contributed by atoms with Crippen molar-refractivity contribution >= 4 is 5.91 Å². The van der Waals surface area contributed by atoms with Crippen molar-refractivity contribution in [2.45, 2.75) is 44.8 Å². The molecule has 4 heteroatoms. The lowest BCUT2D eigenvalue weighted by Crippen LogP contribution is -2.26. The Morgan fingerprint density at radius 2 is 2.35 bits per heavy atom. The lowest BCUT2D eigenvalue weighted by molar-refractivity contribution is -0.122. The normalized spacial score (nSPS) is 18.2. The molecule has 1 saturated heterocycles. The van der Waals surface area contributed by atoms with Crippen LogP contribution in [-0.4, -0.2) is 18.6 Å². The van der Waals surface area contributed by atoms with Gasteiger partial charge in [0.1, 0.15) is 0 Å². The van der Waals surface area contributed by atoms with Crippen molar-refractivity contribution in [1.82, 2.24) is 5.32 Å². The minimum Gasteiger partial charge on any atom is -0.378 e. The van der Waals surface area contributed by atoms with Crippen molar-refractivity contribution in [2.24, 2.45) is 0 Å². The van der Waals surface area contributed by atoms with Gasteiger partial charge in [-0.15, -0.1) is 0 Å². The summed E-state index contributed by atoms with van der Waals surface area (Å²) in [6.07, 6.45) is 4.95. The van der Waals surface area contributed by atoms with Gasteiger partial charge < -0.3 is 10.1 Å². The number of nitriles is 1. The van der Waals surface area contributed by atoms with Gasteiger partial charge in [-0.05, 0) is 43.4 Å². The average Bonchev–Trinajstić information content (AvgIpc) is 2.52. The van der Waals surface area contributed by atoms with Crippen molar-refractivity contribution < 1.29 is 9.53 Å². The molecule has 106 valence electrons. The van der Waals surface area contributed by atoms with Crippen molar-refractivity contribution in [2.75, 3.05) is 6.61 Å². The van der Waals surface area contributed by atoms with E-state index in [-0.39, 0.29) is 12.0 Å². The molecule has 1 aromatic carbocycles. The summed E-state index contributed by atoms with van der Waals surface area (Å²) in [7, 11) is 0. The smallest absolute Gasteiger partial charge is 0.220 e. The summed E-state index contributed by atoms with van der Waals surface area (Å²) in [6, 6.07) is 9.38. The van der Waals surface area contributed by atoms with Crippen LogP contribution in [0.3, 0.4) is 0 Å². The van der Waals surface area contributed by atoms with Gasteiger partial charge in [0.05, 0.1) is 17.7 Å². The van der Waals surface area contributed by atoms with Gasteiger partial charge >= 0.3 is 0 Å². The fourth-order valence-electron chi connectivity index (χ4n) is 2.37. The quantitative estimate of drug-likeness (QED) is 0.896. The molecular formula is C16H20N2O2. The average molecular weight is 272 g/mol. The molecule has 0 bridgehead atoms. The third-order valence-corrected chi connectivity index (χ3v) is 3.51. The molecule has 1 aliphatic heterocycles. The molecular weight excluding hydrogens is 252 g/mol. The number of nitrogens with one attached hydrogen (secondary N) is 1. The van der Waals surface area contributed by atoms with Crippen LogP contribution in [0, 0.1) is 11.3 Å². The lowest BCUT2D eigenvalue weighted by atomic mass is 10.0. The van der Waals surface area contributed by atoms with E-state index < -0.39 is 0 Å². The van der Waals surface area contributed by atoms with E-state index in [1.807, 2.05) is 12.1 Å². The van der Waals surface area contributed by atoms with E-state index in [2.05, 4.69) is 11.4 Å². The van der Waals surface area contributed by atoms with Crippen molar-refractivity contribution in [3.05, 3.63) is 35.4 Å². The van der Waals surface area contributed by atoms with Gasteiger partial charge in [-0.2, -0.15) is 5.26 Å². The second-order valence-corrected chi connectivity index (χ2v) is 5.12. The Hall–Kier alpha value is -1.86. The zero-order valence-corrected chi connectivity index (χ0v) is 11.6. The Morgan fingerprint density at radius 3 is 3.10 bits per heavy atom. The molecule has 0 spiro atoms. The Kier molecular flexibility index (Phi) is 5.57. The van der Waals surface area contributed by atoms with Gasteiger partial charge in [0.2, 0.25) is 5.91 Å². The summed E-state index contributed by atoms with van der Waals surface area (Å²) >= 11 is 0. The predicted octanol–water partition coefficient (Wildman–Crippen LogP) is 2.52. The van der Waals surface area contributed by atoms with Crippen molar-refractivity contribution in [3.63, 3.8) is 0 Å². The fraction of sp³-hybridized carbons (Fsp3) is 0.500. The minimum atomic E-state index is 0.0431. The monoisotopic (exact) mass is 272 g/mol. The molecule has 0 radical (unpaired) electrons. The van der Waals surface area contributed by atoms with Crippen LogP contribution in [0.2, 0.25) is 0 Å². The molecule has 0 aromatic heterocycles. The first-order valence-corrected chi connectivity index (χ1v) is 7.15. The van der Waals surface area contributed by atoms with E-state index in [4.69, 9.17) is 10.00 Å². The van der Waals surface area contributed by atoms with Gasteiger partial charge in [0.25, 0.3) is 0 Å². The first-order valence-electron chi connectivity index (χ1n) is 7.15. The molecule has 1 aromatic rings. The second-order valence-electron chi connectivity index (χ2n) is 5.12. The molecule has 1 N–H and O–H groups in total. The highest BCUT2D eigenvalue weighted by Gasteiger charge is 2.15. The predicted molar refractivity (Wildman–Crippen MR) is 75.8 cm³/mol. The molecule has 1 atom stereocenters. The number of amides is 1. The highest BCUT2D eigenvalue weighted by Crippen LogP contribution is 2.16. The van der Waals surface area contributed by atoms with Crippen LogP contribution >= 0.6 is 0 Å². The molecule has 4 nitrogen and oxygen atoms in total. The maximum Gasteiger partial charge on any atom is 0.220 e. The second kappa shape index (κ2) is 7.66. The molecule has 1 aliphatic rings. The maximum absolute atomic E-state index is 11.8. The summed E-state index contributed by atoms with van der Waals surface area (Å²) in [5, 5.41) is 11.7. The highest BCUT2D eigenvalue weighted by atomic mass is 16.5. The number of hydrogen-bond donors (Lipinski definition) is 1. The Bertz CT molecular complexity index is 487. The van der Waals surface area contributed by atoms with Gasteiger partial charge in [-0.25, -0.2) is 0 Å². The largest absolute Gasteiger partial charge is 0.378 e. The zero-order chi connectivity index (χ0) is 14.2. The van der Waals surface area contributed by atoms with Crippen molar-refractivity contribution in [3.8, 4) is 6.07 Å². The summed E-state index contributed by atoms with van der Waals surface area (Å²) < 4.78 is 5.61. The summed E-state index contributed by atoms with van der Waals surface area (Å²) in [5.74, 6) is 0.0431. The number of rotatable bonds is 5. The van der Waals surface area contributed by atoms with Crippen LogP contribution in [0.1, 0.15) is 43.2 Å². The molecule has 1 fully saturated rings. The summed E-state index contributed by atoms with van der Waals surface area (Å²) in [5.41, 5.74) is 1.57. The lowest BCUT2D eigenvalue weighted by Gasteiger charge is -2.22. The van der Waals surface area contributed by atoms with Crippen LogP contribution in [0.5, 0.6) is 0 Å². The molecule has 1 unspecified atom stereocenters. The number of ether oxygens (including phenoxy) is 1. The minimum absolute atomic E-state index is 0.0431. The number of benzene rings is 1. The molecule has 0 saturated carbocycles. The molecule has 20 heavy (non-hydrogen) atoms. The van der Waals surface area contributed by atoms with E-state index in [0.29, 0.717) is 18.5 Å².